The maximum absolute atomic E-state index is 13.2. The smallest absolute Gasteiger partial charge is 0.291 e. The minimum absolute atomic E-state index is 0.000676. The van der Waals surface area contributed by atoms with Gasteiger partial charge in [-0.25, -0.2) is 15.0 Å². The number of amides is 7. The van der Waals surface area contributed by atoms with E-state index in [1.165, 1.54) is 38.4 Å². The largest absolute Gasteiger partial charge is 0.367 e. The first-order valence-electron chi connectivity index (χ1n) is 22.1. The van der Waals surface area contributed by atoms with Crippen molar-refractivity contribution >= 4 is 64.4 Å². The summed E-state index contributed by atoms with van der Waals surface area (Å²) in [5, 5.41) is 32.1. The summed E-state index contributed by atoms with van der Waals surface area (Å²) in [4.78, 5) is 104. The van der Waals surface area contributed by atoms with Gasteiger partial charge in [-0.05, 0) is 51.7 Å². The predicted molar refractivity (Wildman–Crippen MR) is 254 cm³/mol. The van der Waals surface area contributed by atoms with E-state index in [2.05, 4.69) is 62.4 Å². The van der Waals surface area contributed by atoms with E-state index in [1.54, 1.807) is 69.0 Å². The Balaban J connectivity index is 0.991. The Bertz CT molecular complexity index is 2600. The van der Waals surface area contributed by atoms with Crippen LogP contribution < -0.4 is 48.3 Å². The van der Waals surface area contributed by atoms with Gasteiger partial charge in [0, 0.05) is 118 Å². The quantitative estimate of drug-likeness (QED) is 0.0243. The van der Waals surface area contributed by atoms with Gasteiger partial charge in [0.25, 0.3) is 23.6 Å². The second kappa shape index (κ2) is 24.8. The summed E-state index contributed by atoms with van der Waals surface area (Å²) in [6, 6.07) is 3.01. The first-order chi connectivity index (χ1) is 32.9. The third-order valence-corrected chi connectivity index (χ3v) is 10.5. The van der Waals surface area contributed by atoms with Crippen LogP contribution >= 0.6 is 0 Å². The Morgan fingerprint density at radius 1 is 0.609 bits per heavy atom. The molecule has 5 aromatic heterocycles. The minimum atomic E-state index is -1.10. The maximum atomic E-state index is 13.2. The van der Waals surface area contributed by atoms with Gasteiger partial charge in [0.05, 0.1) is 11.4 Å². The highest BCUT2D eigenvalue weighted by atomic mass is 16.3. The van der Waals surface area contributed by atoms with E-state index in [-0.39, 0.29) is 79.5 Å². The first-order valence-corrected chi connectivity index (χ1v) is 22.1. The van der Waals surface area contributed by atoms with Crippen molar-refractivity contribution in [3.05, 3.63) is 78.2 Å². The van der Waals surface area contributed by atoms with Crippen LogP contribution in [0.5, 0.6) is 0 Å². The van der Waals surface area contributed by atoms with Gasteiger partial charge in [-0.3, -0.25) is 33.6 Å². The Morgan fingerprint density at radius 2 is 1.12 bits per heavy atom. The van der Waals surface area contributed by atoms with Crippen LogP contribution in [0.1, 0.15) is 86.4 Å². The van der Waals surface area contributed by atoms with Gasteiger partial charge < -0.3 is 81.1 Å². The molecule has 0 aliphatic carbocycles. The van der Waals surface area contributed by atoms with Gasteiger partial charge in [0.1, 0.15) is 11.4 Å². The van der Waals surface area contributed by atoms with Gasteiger partial charge in [-0.15, -0.1) is 0 Å². The van der Waals surface area contributed by atoms with Gasteiger partial charge in [-0.1, -0.05) is 0 Å². The van der Waals surface area contributed by atoms with Crippen molar-refractivity contribution < 1.29 is 38.7 Å². The van der Waals surface area contributed by atoms with E-state index in [0.717, 1.165) is 25.9 Å². The van der Waals surface area contributed by atoms with Crippen LogP contribution in [0.3, 0.4) is 0 Å². The normalized spacial score (nSPS) is 11.5. The Morgan fingerprint density at radius 3 is 1.67 bits per heavy atom. The summed E-state index contributed by atoms with van der Waals surface area (Å²) >= 11 is 0. The lowest BCUT2D eigenvalue weighted by Crippen LogP contribution is -2.33. The molecule has 5 aromatic rings. The third-order valence-electron chi connectivity index (χ3n) is 10.5. The van der Waals surface area contributed by atoms with Crippen LogP contribution in [-0.2, 0) is 49.6 Å². The molecule has 0 saturated carbocycles. The summed E-state index contributed by atoms with van der Waals surface area (Å²) in [6.07, 6.45) is 9.83. The minimum Gasteiger partial charge on any atom is -0.367 e. The standard InChI is InChI=1S/C43H62N18O8/c1-56(18-7-12-44)19-8-13-45-33(62)9-14-49-41(67)37-54-31(25-60(37)5)52-34(63)10-15-48-40(66)30-22-28(24-59(30)4)51-43(69)38-55-32(26-61(38)6)53-35(64)11-16-47-39(65)29-21-27(23-58(29)3)50-42(68)36-46-17-20-57(36)2/h17,20-26,42,50,68H,7-16,18-19,44H2,1-6H3,(H,45,62)(H,47,65)(H,48,66)(H,49,67)(H,51,69)(H,52,63)(H,53,64). The van der Waals surface area contributed by atoms with Crippen LogP contribution in [-0.4, -0.2) is 142 Å². The Hall–Kier alpha value is -7.84. The van der Waals surface area contributed by atoms with Gasteiger partial charge in [0.15, 0.2) is 23.7 Å². The Labute approximate surface area is 397 Å². The molecule has 0 fully saturated rings. The number of nitrogens with one attached hydrogen (secondary N) is 8. The zero-order valence-corrected chi connectivity index (χ0v) is 39.6. The topological polar surface area (TPSA) is 329 Å². The van der Waals surface area contributed by atoms with E-state index in [4.69, 9.17) is 5.73 Å². The second-order valence-electron chi connectivity index (χ2n) is 16.2. The number of imidazole rings is 3. The van der Waals surface area contributed by atoms with Crippen LogP contribution in [0.25, 0.3) is 0 Å². The van der Waals surface area contributed by atoms with Gasteiger partial charge in [-0.2, -0.15) is 0 Å². The van der Waals surface area contributed by atoms with Gasteiger partial charge in [0.2, 0.25) is 29.4 Å². The zero-order valence-electron chi connectivity index (χ0n) is 39.6. The lowest BCUT2D eigenvalue weighted by molar-refractivity contribution is -0.121. The number of carbonyl (C=O) groups is 7. The van der Waals surface area contributed by atoms with E-state index in [0.29, 0.717) is 30.3 Å². The fourth-order valence-corrected chi connectivity index (χ4v) is 6.93. The summed E-state index contributed by atoms with van der Waals surface area (Å²) in [5.41, 5.74) is 6.79. The lowest BCUT2D eigenvalue weighted by atomic mass is 10.3. The van der Waals surface area contributed by atoms with Crippen molar-refractivity contribution in [2.75, 3.05) is 74.1 Å². The van der Waals surface area contributed by atoms with Crippen molar-refractivity contribution in [1.82, 2.24) is 64.0 Å². The van der Waals surface area contributed by atoms with Crippen molar-refractivity contribution in [2.24, 2.45) is 41.0 Å². The summed E-state index contributed by atoms with van der Waals surface area (Å²) in [7, 11) is 10.2. The molecule has 1 atom stereocenters. The number of carbonyl (C=O) groups excluding carboxylic acids is 7. The molecule has 372 valence electrons. The summed E-state index contributed by atoms with van der Waals surface area (Å²) in [6.45, 7) is 2.95. The van der Waals surface area contributed by atoms with E-state index in [9.17, 15) is 38.7 Å². The average Bonchev–Trinajstić information content (AvgIpc) is 4.13. The number of hydrogen-bond acceptors (Lipinski definition) is 14. The van der Waals surface area contributed by atoms with Gasteiger partial charge >= 0.3 is 0 Å². The van der Waals surface area contributed by atoms with Crippen molar-refractivity contribution in [3.8, 4) is 0 Å². The molecule has 0 radical (unpaired) electrons. The number of aromatic nitrogens is 8. The number of hydrogen-bond donors (Lipinski definition) is 10. The Kier molecular flexibility index (Phi) is 18.7. The third kappa shape index (κ3) is 15.3. The molecule has 0 saturated heterocycles. The molecule has 1 unspecified atom stereocenters. The molecular formula is C43H62N18O8. The fourth-order valence-electron chi connectivity index (χ4n) is 6.93. The molecule has 7 amide bonds. The molecule has 5 rings (SSSR count). The van der Waals surface area contributed by atoms with Crippen molar-refractivity contribution in [1.29, 1.82) is 0 Å². The van der Waals surface area contributed by atoms with E-state index in [1.807, 2.05) is 7.05 Å². The summed E-state index contributed by atoms with van der Waals surface area (Å²) in [5.74, 6) is -2.57. The SMILES string of the molecule is CN(CCCN)CCCNC(=O)CCNC(=O)c1nc(NC(=O)CCNC(=O)c2cc(NC(=O)c3nc(NC(=O)CCNC(=O)c4cc(NC(O)c5nccn5C)cn4C)cn3C)cn2C)cn1C. The highest BCUT2D eigenvalue weighted by molar-refractivity contribution is 6.04. The highest BCUT2D eigenvalue weighted by Gasteiger charge is 2.21. The predicted octanol–water partition coefficient (Wildman–Crippen LogP) is -0.657. The van der Waals surface area contributed by atoms with Crippen LogP contribution in [0.2, 0.25) is 0 Å². The van der Waals surface area contributed by atoms with Crippen molar-refractivity contribution in [2.45, 2.75) is 38.3 Å². The second-order valence-corrected chi connectivity index (χ2v) is 16.2. The molecular weight excluding hydrogens is 897 g/mol. The van der Waals surface area contributed by atoms with Crippen LogP contribution in [0, 0.1) is 0 Å². The zero-order chi connectivity index (χ0) is 50.2. The van der Waals surface area contributed by atoms with Crippen LogP contribution in [0.4, 0.5) is 23.0 Å². The molecule has 26 heteroatoms. The molecule has 0 spiro atoms. The van der Waals surface area contributed by atoms with E-state index < -0.39 is 41.7 Å². The lowest BCUT2D eigenvalue weighted by Gasteiger charge is -2.15. The molecule has 0 aromatic carbocycles. The molecule has 0 aliphatic heterocycles. The van der Waals surface area contributed by atoms with Crippen LogP contribution in [0.15, 0.2) is 49.3 Å². The molecule has 69 heavy (non-hydrogen) atoms. The molecule has 26 nitrogen and oxygen atoms in total. The molecule has 11 N–H and O–H groups in total. The average molecular weight is 959 g/mol. The number of rotatable bonds is 26. The number of aliphatic hydroxyl groups excluding tert-OH is 1. The molecule has 0 bridgehead atoms. The van der Waals surface area contributed by atoms with Crippen molar-refractivity contribution in [3.63, 3.8) is 0 Å². The number of aliphatic hydroxyl groups is 1. The monoisotopic (exact) mass is 958 g/mol. The number of nitrogens with zero attached hydrogens (tertiary/aromatic N) is 9. The number of nitrogens with two attached hydrogens (primary N) is 1. The summed E-state index contributed by atoms with van der Waals surface area (Å²) < 4.78 is 7.59. The highest BCUT2D eigenvalue weighted by Crippen LogP contribution is 2.19. The van der Waals surface area contributed by atoms with E-state index >= 15 is 0 Å². The number of anilines is 4. The molecule has 0 aliphatic rings. The molecule has 5 heterocycles. The first kappa shape index (κ1) is 52.1. The fraction of sp³-hybridized carbons (Fsp3) is 0.442. The number of aryl methyl sites for hydroxylation is 5. The maximum Gasteiger partial charge on any atom is 0.291 e.